The average Bonchev–Trinajstić information content (AvgIpc) is 2.84. The SMILES string of the molecule is CC(NC(=O)NCCCN(C)C)c1nc(C(=O)O)cs1. The normalized spacial score (nSPS) is 12.2. The van der Waals surface area contributed by atoms with Crippen LogP contribution >= 0.6 is 11.3 Å². The van der Waals surface area contributed by atoms with Gasteiger partial charge in [-0.1, -0.05) is 0 Å². The Balaban J connectivity index is 2.35. The lowest BCUT2D eigenvalue weighted by molar-refractivity contribution is 0.0691. The summed E-state index contributed by atoms with van der Waals surface area (Å²) in [5.41, 5.74) is 0.00467. The number of urea groups is 1. The molecule has 2 amide bonds. The number of rotatable bonds is 7. The van der Waals surface area contributed by atoms with E-state index in [9.17, 15) is 9.59 Å². The molecule has 0 saturated carbocycles. The molecule has 112 valence electrons. The number of nitrogens with zero attached hydrogens (tertiary/aromatic N) is 2. The maximum atomic E-state index is 11.6. The first kappa shape index (κ1) is 16.4. The van der Waals surface area contributed by atoms with Gasteiger partial charge >= 0.3 is 12.0 Å². The lowest BCUT2D eigenvalue weighted by atomic mass is 10.3. The fraction of sp³-hybridized carbons (Fsp3) is 0.583. The number of carboxylic acids is 1. The third kappa shape index (κ3) is 5.54. The van der Waals surface area contributed by atoms with E-state index in [0.717, 1.165) is 13.0 Å². The highest BCUT2D eigenvalue weighted by molar-refractivity contribution is 7.09. The monoisotopic (exact) mass is 300 g/mol. The van der Waals surface area contributed by atoms with Crippen LogP contribution in [-0.2, 0) is 0 Å². The van der Waals surface area contributed by atoms with Crippen LogP contribution in [0.25, 0.3) is 0 Å². The summed E-state index contributed by atoms with van der Waals surface area (Å²) in [6.45, 7) is 3.27. The Morgan fingerprint density at radius 1 is 1.50 bits per heavy atom. The summed E-state index contributed by atoms with van der Waals surface area (Å²) >= 11 is 1.22. The van der Waals surface area contributed by atoms with Crippen LogP contribution in [0.1, 0.15) is 34.9 Å². The van der Waals surface area contributed by atoms with E-state index >= 15 is 0 Å². The molecule has 0 aliphatic rings. The van der Waals surface area contributed by atoms with Crippen LogP contribution < -0.4 is 10.6 Å². The van der Waals surface area contributed by atoms with Gasteiger partial charge in [-0.3, -0.25) is 0 Å². The number of hydrogen-bond acceptors (Lipinski definition) is 5. The number of carbonyl (C=O) groups is 2. The number of hydrogen-bond donors (Lipinski definition) is 3. The second kappa shape index (κ2) is 7.81. The molecule has 20 heavy (non-hydrogen) atoms. The van der Waals surface area contributed by atoms with Gasteiger partial charge in [0.25, 0.3) is 0 Å². The molecule has 0 aromatic carbocycles. The molecule has 0 saturated heterocycles. The molecule has 1 atom stereocenters. The molecule has 0 radical (unpaired) electrons. The lowest BCUT2D eigenvalue weighted by Crippen LogP contribution is -2.38. The molecule has 1 aromatic rings. The zero-order chi connectivity index (χ0) is 15.1. The average molecular weight is 300 g/mol. The van der Waals surface area contributed by atoms with Gasteiger partial charge in [0.15, 0.2) is 5.69 Å². The number of amides is 2. The van der Waals surface area contributed by atoms with Crippen LogP contribution in [0.15, 0.2) is 5.38 Å². The largest absolute Gasteiger partial charge is 0.476 e. The number of thiazole rings is 1. The van der Waals surface area contributed by atoms with Crippen LogP contribution in [0.2, 0.25) is 0 Å². The molecule has 1 unspecified atom stereocenters. The highest BCUT2D eigenvalue weighted by Crippen LogP contribution is 2.17. The molecule has 0 aliphatic heterocycles. The number of carbonyl (C=O) groups excluding carboxylic acids is 1. The van der Waals surface area contributed by atoms with Crippen molar-refractivity contribution in [2.24, 2.45) is 0 Å². The Morgan fingerprint density at radius 3 is 2.75 bits per heavy atom. The van der Waals surface area contributed by atoms with Crippen LogP contribution in [0.3, 0.4) is 0 Å². The molecular weight excluding hydrogens is 280 g/mol. The van der Waals surface area contributed by atoms with Crippen LogP contribution in [0.5, 0.6) is 0 Å². The van der Waals surface area contributed by atoms with Gasteiger partial charge in [0.1, 0.15) is 5.01 Å². The molecule has 7 nitrogen and oxygen atoms in total. The van der Waals surface area contributed by atoms with E-state index in [4.69, 9.17) is 5.11 Å². The first-order chi connectivity index (χ1) is 9.40. The molecule has 0 fully saturated rings. The van der Waals surface area contributed by atoms with Gasteiger partial charge in [-0.2, -0.15) is 0 Å². The molecule has 3 N–H and O–H groups in total. The van der Waals surface area contributed by atoms with Crippen LogP contribution in [0, 0.1) is 0 Å². The standard InChI is InChI=1S/C12H20N4O3S/c1-8(10-15-9(7-20-10)11(17)18)14-12(19)13-5-4-6-16(2)3/h7-8H,4-6H2,1-3H3,(H,17,18)(H2,13,14,19). The van der Waals surface area contributed by atoms with Gasteiger partial charge in [-0.25, -0.2) is 14.6 Å². The van der Waals surface area contributed by atoms with Crippen molar-refractivity contribution in [3.8, 4) is 0 Å². The van der Waals surface area contributed by atoms with Crippen LogP contribution in [-0.4, -0.2) is 54.2 Å². The third-order valence-electron chi connectivity index (χ3n) is 2.53. The second-order valence-corrected chi connectivity index (χ2v) is 5.54. The fourth-order valence-electron chi connectivity index (χ4n) is 1.49. The molecule has 1 aromatic heterocycles. The highest BCUT2D eigenvalue weighted by Gasteiger charge is 2.15. The van der Waals surface area contributed by atoms with Crippen molar-refractivity contribution in [3.05, 3.63) is 16.1 Å². The second-order valence-electron chi connectivity index (χ2n) is 4.65. The predicted molar refractivity (Wildman–Crippen MR) is 77.2 cm³/mol. The van der Waals surface area contributed by atoms with Crippen molar-refractivity contribution in [2.75, 3.05) is 27.2 Å². The first-order valence-electron chi connectivity index (χ1n) is 6.28. The van der Waals surface area contributed by atoms with Gasteiger partial charge in [0.2, 0.25) is 0 Å². The van der Waals surface area contributed by atoms with Crippen molar-refractivity contribution in [1.29, 1.82) is 0 Å². The van der Waals surface area contributed by atoms with Gasteiger partial charge in [0, 0.05) is 11.9 Å². The van der Waals surface area contributed by atoms with Gasteiger partial charge < -0.3 is 20.6 Å². The molecule has 8 heteroatoms. The van der Waals surface area contributed by atoms with E-state index < -0.39 is 5.97 Å². The van der Waals surface area contributed by atoms with Crippen molar-refractivity contribution < 1.29 is 14.7 Å². The summed E-state index contributed by atoms with van der Waals surface area (Å²) in [7, 11) is 3.95. The van der Waals surface area contributed by atoms with E-state index in [-0.39, 0.29) is 17.8 Å². The van der Waals surface area contributed by atoms with Crippen molar-refractivity contribution >= 4 is 23.3 Å². The predicted octanol–water partition coefficient (Wildman–Crippen LogP) is 1.15. The molecule has 0 bridgehead atoms. The summed E-state index contributed by atoms with van der Waals surface area (Å²) in [5, 5.41) is 16.3. The Labute approximate surface area is 122 Å². The summed E-state index contributed by atoms with van der Waals surface area (Å²) < 4.78 is 0. The zero-order valence-corrected chi connectivity index (χ0v) is 12.7. The van der Waals surface area contributed by atoms with Crippen molar-refractivity contribution in [2.45, 2.75) is 19.4 Å². The maximum Gasteiger partial charge on any atom is 0.355 e. The Bertz CT molecular complexity index is 461. The Kier molecular flexibility index (Phi) is 6.40. The van der Waals surface area contributed by atoms with E-state index in [2.05, 4.69) is 15.6 Å². The number of aromatic carboxylic acids is 1. The Morgan fingerprint density at radius 2 is 2.20 bits per heavy atom. The van der Waals surface area contributed by atoms with Gasteiger partial charge in [-0.15, -0.1) is 11.3 Å². The van der Waals surface area contributed by atoms with Crippen molar-refractivity contribution in [3.63, 3.8) is 0 Å². The molecule has 0 aliphatic carbocycles. The molecule has 0 spiro atoms. The van der Waals surface area contributed by atoms with Crippen LogP contribution in [0.4, 0.5) is 4.79 Å². The van der Waals surface area contributed by atoms with E-state index in [1.54, 1.807) is 6.92 Å². The number of aromatic nitrogens is 1. The smallest absolute Gasteiger partial charge is 0.355 e. The van der Waals surface area contributed by atoms with E-state index in [1.807, 2.05) is 19.0 Å². The minimum absolute atomic E-state index is 0.00467. The van der Waals surface area contributed by atoms with Gasteiger partial charge in [-0.05, 0) is 34.0 Å². The summed E-state index contributed by atoms with van der Waals surface area (Å²) in [5.74, 6) is -1.06. The summed E-state index contributed by atoms with van der Waals surface area (Å²) in [6, 6.07) is -0.592. The Hall–Kier alpha value is -1.67. The maximum absolute atomic E-state index is 11.6. The van der Waals surface area contributed by atoms with E-state index in [1.165, 1.54) is 16.7 Å². The molecular formula is C12H20N4O3S. The highest BCUT2D eigenvalue weighted by atomic mass is 32.1. The number of nitrogens with one attached hydrogen (secondary N) is 2. The summed E-state index contributed by atoms with van der Waals surface area (Å²) in [6.07, 6.45) is 0.870. The molecule has 1 rings (SSSR count). The lowest BCUT2D eigenvalue weighted by Gasteiger charge is -2.13. The number of carboxylic acid groups (broad SMARTS) is 1. The van der Waals surface area contributed by atoms with Crippen molar-refractivity contribution in [1.82, 2.24) is 20.5 Å². The quantitative estimate of drug-likeness (QED) is 0.657. The summed E-state index contributed by atoms with van der Waals surface area (Å²) in [4.78, 5) is 28.4. The van der Waals surface area contributed by atoms with E-state index in [0.29, 0.717) is 11.6 Å². The minimum Gasteiger partial charge on any atom is -0.476 e. The van der Waals surface area contributed by atoms with Gasteiger partial charge in [0.05, 0.1) is 6.04 Å². The fourth-order valence-corrected chi connectivity index (χ4v) is 2.29. The topological polar surface area (TPSA) is 94.6 Å². The first-order valence-corrected chi connectivity index (χ1v) is 7.16. The molecule has 1 heterocycles. The third-order valence-corrected chi connectivity index (χ3v) is 3.55. The zero-order valence-electron chi connectivity index (χ0n) is 11.8. The minimum atomic E-state index is -1.06.